The van der Waals surface area contributed by atoms with Gasteiger partial charge in [-0.1, -0.05) is 6.42 Å². The van der Waals surface area contributed by atoms with Crippen LogP contribution in [0, 0.1) is 5.92 Å². The maximum atomic E-state index is 13.1. The first kappa shape index (κ1) is 16.6. The van der Waals surface area contributed by atoms with Crippen molar-refractivity contribution >= 4 is 5.97 Å². The van der Waals surface area contributed by atoms with E-state index in [0.717, 1.165) is 25.9 Å². The van der Waals surface area contributed by atoms with Gasteiger partial charge in [-0.2, -0.15) is 13.2 Å². The predicted octanol–water partition coefficient (Wildman–Crippen LogP) is 3.53. The summed E-state index contributed by atoms with van der Waals surface area (Å²) in [5.74, 6) is -1.66. The summed E-state index contributed by atoms with van der Waals surface area (Å²) in [6.07, 6.45) is -0.661. The molecule has 2 atom stereocenters. The summed E-state index contributed by atoms with van der Waals surface area (Å²) in [5, 5.41) is 0. The lowest BCUT2D eigenvalue weighted by atomic mass is 9.72. The molecule has 1 aliphatic heterocycles. The highest BCUT2D eigenvalue weighted by Gasteiger charge is 2.51. The molecule has 0 aromatic heterocycles. The summed E-state index contributed by atoms with van der Waals surface area (Å²) in [6, 6.07) is 0. The number of alkyl halides is 3. The molecule has 0 aromatic rings. The van der Waals surface area contributed by atoms with Crippen LogP contribution in [-0.2, 0) is 9.53 Å². The summed E-state index contributed by atoms with van der Waals surface area (Å²) in [5.41, 5.74) is -0.652. The van der Waals surface area contributed by atoms with E-state index in [4.69, 9.17) is 4.74 Å². The second kappa shape index (κ2) is 6.55. The average molecular weight is 307 g/mol. The number of halogens is 3. The van der Waals surface area contributed by atoms with Crippen LogP contribution in [0.1, 0.15) is 51.9 Å². The Hall–Kier alpha value is -0.780. The van der Waals surface area contributed by atoms with Gasteiger partial charge in [0.25, 0.3) is 0 Å². The lowest BCUT2D eigenvalue weighted by Gasteiger charge is -2.47. The predicted molar refractivity (Wildman–Crippen MR) is 72.8 cm³/mol. The molecule has 2 fully saturated rings. The van der Waals surface area contributed by atoms with Crippen molar-refractivity contribution in [2.24, 2.45) is 5.92 Å². The van der Waals surface area contributed by atoms with Crippen molar-refractivity contribution in [2.75, 3.05) is 19.7 Å². The van der Waals surface area contributed by atoms with Crippen molar-refractivity contribution in [1.82, 2.24) is 4.90 Å². The molecule has 0 radical (unpaired) electrons. The minimum atomic E-state index is -4.17. The van der Waals surface area contributed by atoms with Crippen LogP contribution in [0.15, 0.2) is 0 Å². The highest BCUT2D eigenvalue weighted by atomic mass is 19.4. The highest BCUT2D eigenvalue weighted by molar-refractivity contribution is 5.71. The molecule has 0 spiro atoms. The number of carbonyl (C=O) groups excluding carboxylic acids is 1. The molecule has 2 unspecified atom stereocenters. The SMILES string of the molecule is CCOC(=O)CC1(N2CCCC2)CCCC(C(F)(F)F)C1. The number of likely N-dealkylation sites (tertiary alicyclic amines) is 1. The van der Waals surface area contributed by atoms with Crippen LogP contribution in [-0.4, -0.2) is 42.3 Å². The number of ether oxygens (including phenoxy) is 1. The topological polar surface area (TPSA) is 29.5 Å². The first-order chi connectivity index (χ1) is 9.87. The smallest absolute Gasteiger partial charge is 0.391 e. The fraction of sp³-hybridized carbons (Fsp3) is 0.933. The molecule has 3 nitrogen and oxygen atoms in total. The molecule has 1 heterocycles. The third kappa shape index (κ3) is 3.90. The van der Waals surface area contributed by atoms with E-state index in [1.165, 1.54) is 0 Å². The number of nitrogens with zero attached hydrogens (tertiary/aromatic N) is 1. The van der Waals surface area contributed by atoms with Crippen LogP contribution in [0.25, 0.3) is 0 Å². The fourth-order valence-electron chi connectivity index (χ4n) is 3.85. The summed E-state index contributed by atoms with van der Waals surface area (Å²) < 4.78 is 44.4. The van der Waals surface area contributed by atoms with E-state index in [1.54, 1.807) is 6.92 Å². The maximum Gasteiger partial charge on any atom is 0.391 e. The Balaban J connectivity index is 2.16. The van der Waals surface area contributed by atoms with Gasteiger partial charge in [0.2, 0.25) is 0 Å². The van der Waals surface area contributed by atoms with Gasteiger partial charge >= 0.3 is 12.1 Å². The summed E-state index contributed by atoms with van der Waals surface area (Å²) in [6.45, 7) is 3.59. The molecular weight excluding hydrogens is 283 g/mol. The normalized spacial score (nSPS) is 31.3. The van der Waals surface area contributed by atoms with Crippen molar-refractivity contribution in [3.63, 3.8) is 0 Å². The van der Waals surface area contributed by atoms with Crippen LogP contribution in [0.4, 0.5) is 13.2 Å². The molecular formula is C15H24F3NO2. The molecule has 6 heteroatoms. The van der Waals surface area contributed by atoms with E-state index in [0.29, 0.717) is 12.8 Å². The monoisotopic (exact) mass is 307 g/mol. The Labute approximate surface area is 123 Å². The molecule has 0 N–H and O–H groups in total. The van der Waals surface area contributed by atoms with Gasteiger partial charge < -0.3 is 4.74 Å². The van der Waals surface area contributed by atoms with E-state index >= 15 is 0 Å². The van der Waals surface area contributed by atoms with Gasteiger partial charge in [0.15, 0.2) is 0 Å². The zero-order chi connectivity index (χ0) is 15.5. The van der Waals surface area contributed by atoms with E-state index in [-0.39, 0.29) is 31.8 Å². The molecule has 0 aromatic carbocycles. The molecule has 2 rings (SSSR count). The number of esters is 1. The third-order valence-corrected chi connectivity index (χ3v) is 4.84. The summed E-state index contributed by atoms with van der Waals surface area (Å²) >= 11 is 0. The summed E-state index contributed by atoms with van der Waals surface area (Å²) in [4.78, 5) is 14.0. The molecule has 2 aliphatic rings. The van der Waals surface area contributed by atoms with E-state index in [2.05, 4.69) is 4.90 Å². The van der Waals surface area contributed by atoms with E-state index in [1.807, 2.05) is 0 Å². The van der Waals surface area contributed by atoms with Gasteiger partial charge in [-0.25, -0.2) is 0 Å². The first-order valence-corrected chi connectivity index (χ1v) is 7.85. The third-order valence-electron chi connectivity index (χ3n) is 4.84. The minimum Gasteiger partial charge on any atom is -0.466 e. The van der Waals surface area contributed by atoms with Crippen LogP contribution in [0.5, 0.6) is 0 Å². The van der Waals surface area contributed by atoms with Crippen LogP contribution in [0.3, 0.4) is 0 Å². The Kier molecular flexibility index (Phi) is 5.17. The molecule has 122 valence electrons. The highest BCUT2D eigenvalue weighted by Crippen LogP contribution is 2.46. The number of hydrogen-bond donors (Lipinski definition) is 0. The quantitative estimate of drug-likeness (QED) is 0.744. The molecule has 1 saturated heterocycles. The van der Waals surface area contributed by atoms with Crippen LogP contribution < -0.4 is 0 Å². The molecule has 1 saturated carbocycles. The second-order valence-electron chi connectivity index (χ2n) is 6.24. The van der Waals surface area contributed by atoms with Gasteiger partial charge in [0.05, 0.1) is 18.9 Å². The lowest BCUT2D eigenvalue weighted by Crippen LogP contribution is -2.53. The van der Waals surface area contributed by atoms with Gasteiger partial charge in [-0.3, -0.25) is 9.69 Å². The van der Waals surface area contributed by atoms with Crippen LogP contribution in [0.2, 0.25) is 0 Å². The number of rotatable bonds is 4. The molecule has 0 amide bonds. The Morgan fingerprint density at radius 1 is 1.29 bits per heavy atom. The fourth-order valence-corrected chi connectivity index (χ4v) is 3.85. The molecule has 0 bridgehead atoms. The second-order valence-corrected chi connectivity index (χ2v) is 6.24. The van der Waals surface area contributed by atoms with Gasteiger partial charge in [0, 0.05) is 5.54 Å². The standard InChI is InChI=1S/C15H24F3NO2/c1-2-21-13(20)11-14(19-8-3-4-9-19)7-5-6-12(10-14)15(16,17)18/h12H,2-11H2,1H3. The van der Waals surface area contributed by atoms with Crippen molar-refractivity contribution in [2.45, 2.75) is 63.6 Å². The Morgan fingerprint density at radius 2 is 1.95 bits per heavy atom. The van der Waals surface area contributed by atoms with E-state index < -0.39 is 17.6 Å². The Morgan fingerprint density at radius 3 is 2.52 bits per heavy atom. The first-order valence-electron chi connectivity index (χ1n) is 7.85. The largest absolute Gasteiger partial charge is 0.466 e. The summed E-state index contributed by atoms with van der Waals surface area (Å²) in [7, 11) is 0. The van der Waals surface area contributed by atoms with Gasteiger partial charge in [-0.05, 0) is 52.1 Å². The van der Waals surface area contributed by atoms with Crippen LogP contribution >= 0.6 is 0 Å². The van der Waals surface area contributed by atoms with Gasteiger partial charge in [0.1, 0.15) is 0 Å². The van der Waals surface area contributed by atoms with E-state index in [9.17, 15) is 18.0 Å². The van der Waals surface area contributed by atoms with Crippen molar-refractivity contribution in [1.29, 1.82) is 0 Å². The number of carbonyl (C=O) groups is 1. The Bertz CT molecular complexity index is 366. The lowest BCUT2D eigenvalue weighted by molar-refractivity contribution is -0.195. The zero-order valence-electron chi connectivity index (χ0n) is 12.5. The average Bonchev–Trinajstić information content (AvgIpc) is 2.92. The maximum absolute atomic E-state index is 13.1. The van der Waals surface area contributed by atoms with Gasteiger partial charge in [-0.15, -0.1) is 0 Å². The van der Waals surface area contributed by atoms with Crippen molar-refractivity contribution in [3.05, 3.63) is 0 Å². The minimum absolute atomic E-state index is 0.0370. The molecule has 21 heavy (non-hydrogen) atoms. The van der Waals surface area contributed by atoms with Crippen molar-refractivity contribution in [3.8, 4) is 0 Å². The van der Waals surface area contributed by atoms with Crippen molar-refractivity contribution < 1.29 is 22.7 Å². The number of hydrogen-bond acceptors (Lipinski definition) is 3. The molecule has 1 aliphatic carbocycles. The zero-order valence-corrected chi connectivity index (χ0v) is 12.5.